The molecule has 0 saturated heterocycles. The molecule has 0 bridgehead atoms. The predicted molar refractivity (Wildman–Crippen MR) is 150 cm³/mol. The van der Waals surface area contributed by atoms with Gasteiger partial charge in [0.25, 0.3) is 0 Å². The highest BCUT2D eigenvalue weighted by Gasteiger charge is 2.15. The molecular formula is C30H48NO5P-2. The summed E-state index contributed by atoms with van der Waals surface area (Å²) in [6, 6.07) is 6.43. The number of unbranched alkanes of at least 4 members (excludes halogenated alkanes) is 11. The maximum absolute atomic E-state index is 12.4. The van der Waals surface area contributed by atoms with Crippen molar-refractivity contribution in [3.05, 3.63) is 54.6 Å². The summed E-state index contributed by atoms with van der Waals surface area (Å²) in [4.78, 5) is 35.2. The van der Waals surface area contributed by atoms with E-state index in [4.69, 9.17) is 4.74 Å². The van der Waals surface area contributed by atoms with E-state index >= 15 is 0 Å². The Hall–Kier alpha value is -1.88. The molecular weight excluding hydrogens is 485 g/mol. The van der Waals surface area contributed by atoms with Gasteiger partial charge in [-0.3, -0.25) is 4.79 Å². The van der Waals surface area contributed by atoms with Crippen molar-refractivity contribution >= 4 is 13.5 Å². The first-order valence-electron chi connectivity index (χ1n) is 14.1. The van der Waals surface area contributed by atoms with Crippen molar-refractivity contribution in [3.8, 4) is 5.75 Å². The number of nitrogens with one attached hydrogen (secondary N) is 1. The number of carbonyl (C=O) groups is 1. The van der Waals surface area contributed by atoms with E-state index in [1.54, 1.807) is 18.2 Å². The number of allylic oxidation sites excluding steroid dienone is 2. The molecule has 0 saturated carbocycles. The lowest BCUT2D eigenvalue weighted by molar-refractivity contribution is -0.313. The summed E-state index contributed by atoms with van der Waals surface area (Å²) in [6.45, 7) is 6.24. The largest absolute Gasteiger partial charge is 0.811 e. The molecule has 1 atom stereocenters. The molecule has 0 spiro atoms. The molecule has 0 radical (unpaired) electrons. The van der Waals surface area contributed by atoms with Crippen molar-refractivity contribution in [2.24, 2.45) is 0 Å². The van der Waals surface area contributed by atoms with Gasteiger partial charge in [-0.1, -0.05) is 103 Å². The van der Waals surface area contributed by atoms with Crippen molar-refractivity contribution in [1.29, 1.82) is 0 Å². The Bertz CT molecular complexity index is 803. The molecule has 1 rings (SSSR count). The molecule has 0 aliphatic heterocycles. The smallest absolute Gasteiger partial charge is 0.220 e. The van der Waals surface area contributed by atoms with E-state index in [1.165, 1.54) is 51.4 Å². The number of ether oxygens (including phenoxy) is 1. The van der Waals surface area contributed by atoms with Crippen LogP contribution in [0.1, 0.15) is 102 Å². The first-order valence-corrected chi connectivity index (χ1v) is 15.8. The minimum atomic E-state index is -4.76. The van der Waals surface area contributed by atoms with E-state index in [2.05, 4.69) is 31.0 Å². The number of amides is 1. The minimum Gasteiger partial charge on any atom is -0.811 e. The van der Waals surface area contributed by atoms with Crippen LogP contribution in [0.25, 0.3) is 0 Å². The van der Waals surface area contributed by atoms with E-state index in [9.17, 15) is 19.1 Å². The summed E-state index contributed by atoms with van der Waals surface area (Å²) >= 11 is 0. The molecule has 1 N–H and O–H groups in total. The van der Waals surface area contributed by atoms with Gasteiger partial charge in [-0.05, 0) is 62.4 Å². The summed E-state index contributed by atoms with van der Waals surface area (Å²) in [7, 11) is -4.76. The lowest BCUT2D eigenvalue weighted by Crippen LogP contribution is -2.41. The molecule has 210 valence electrons. The van der Waals surface area contributed by atoms with Gasteiger partial charge in [0, 0.05) is 12.5 Å². The van der Waals surface area contributed by atoms with E-state index in [0.717, 1.165) is 37.7 Å². The first kappa shape index (κ1) is 33.1. The molecule has 6 nitrogen and oxygen atoms in total. The maximum Gasteiger partial charge on any atom is 0.220 e. The van der Waals surface area contributed by atoms with Crippen molar-refractivity contribution < 1.29 is 23.9 Å². The fourth-order valence-corrected chi connectivity index (χ4v) is 5.01. The number of hydrogen-bond acceptors (Lipinski definition) is 5. The zero-order chi connectivity index (χ0) is 27.2. The highest BCUT2D eigenvalue weighted by Crippen LogP contribution is 2.26. The summed E-state index contributed by atoms with van der Waals surface area (Å²) in [5.41, 5.74) is 0.825. The van der Waals surface area contributed by atoms with Gasteiger partial charge in [-0.25, -0.2) is 0 Å². The van der Waals surface area contributed by atoms with Gasteiger partial charge in [0.2, 0.25) is 5.91 Å². The molecule has 37 heavy (non-hydrogen) atoms. The molecule has 0 fully saturated rings. The third-order valence-corrected chi connectivity index (χ3v) is 7.14. The van der Waals surface area contributed by atoms with E-state index in [0.29, 0.717) is 18.8 Å². The maximum atomic E-state index is 12.4. The molecule has 1 amide bonds. The van der Waals surface area contributed by atoms with Crippen LogP contribution in [-0.2, 0) is 15.8 Å². The SMILES string of the molecule is C=CCOc1ccc(C[C@@H](CP(=O)([O-])[O-])NC(=O)CCCCCCC/C=C\CCCCCCCC)cc1. The van der Waals surface area contributed by atoms with Crippen molar-refractivity contribution in [2.45, 2.75) is 109 Å². The topological polar surface area (TPSA) is 102 Å². The van der Waals surface area contributed by atoms with Crippen LogP contribution in [0.2, 0.25) is 0 Å². The molecule has 0 aromatic heterocycles. The van der Waals surface area contributed by atoms with Gasteiger partial charge in [0.1, 0.15) is 12.4 Å². The lowest BCUT2D eigenvalue weighted by atomic mass is 10.1. The second kappa shape index (κ2) is 21.1. The van der Waals surface area contributed by atoms with Crippen LogP contribution in [-0.4, -0.2) is 24.7 Å². The monoisotopic (exact) mass is 533 g/mol. The summed E-state index contributed by atoms with van der Waals surface area (Å²) in [6.07, 6.45) is 21.7. The van der Waals surface area contributed by atoms with Crippen LogP contribution in [0.4, 0.5) is 0 Å². The molecule has 1 aromatic carbocycles. The fraction of sp³-hybridized carbons (Fsp3) is 0.633. The molecule has 0 heterocycles. The standard InChI is InChI=1S/C30H50NO5P/c1-3-5-6-7-8-9-10-11-12-13-14-15-16-17-18-19-30(32)31-28(26-37(33,34)35)25-27-20-22-29(23-21-27)36-24-4-2/h4,11-12,20-23,28H,2-3,5-10,13-19,24-26H2,1H3,(H,31,32)(H2,33,34,35)/p-2/b12-11-/t28-/m0/s1. The summed E-state index contributed by atoms with van der Waals surface area (Å²) in [5, 5.41) is 2.76. The van der Waals surface area contributed by atoms with Crippen LogP contribution < -0.4 is 19.8 Å². The fourth-order valence-electron chi connectivity index (χ4n) is 4.25. The normalized spacial score (nSPS) is 12.5. The molecule has 0 aliphatic rings. The molecule has 7 heteroatoms. The Morgan fingerprint density at radius 2 is 1.51 bits per heavy atom. The molecule has 1 aromatic rings. The lowest BCUT2D eigenvalue weighted by Gasteiger charge is -2.34. The third kappa shape index (κ3) is 19.8. The number of benzene rings is 1. The van der Waals surface area contributed by atoms with E-state index in [-0.39, 0.29) is 12.3 Å². The minimum absolute atomic E-state index is 0.206. The second-order valence-electron chi connectivity index (χ2n) is 9.84. The van der Waals surface area contributed by atoms with Crippen LogP contribution in [0.15, 0.2) is 49.1 Å². The Morgan fingerprint density at radius 3 is 2.08 bits per heavy atom. The highest BCUT2D eigenvalue weighted by atomic mass is 31.2. The van der Waals surface area contributed by atoms with Crippen molar-refractivity contribution in [3.63, 3.8) is 0 Å². The quantitative estimate of drug-likeness (QED) is 0.102. The number of rotatable bonds is 23. The summed E-state index contributed by atoms with van der Waals surface area (Å²) < 4.78 is 16.8. The molecule has 0 unspecified atom stereocenters. The number of carbonyl (C=O) groups excluding carboxylic acids is 1. The van der Waals surface area contributed by atoms with Gasteiger partial charge < -0.3 is 24.4 Å². The van der Waals surface area contributed by atoms with Gasteiger partial charge in [-0.15, -0.1) is 0 Å². The Balaban J connectivity index is 2.21. The summed E-state index contributed by atoms with van der Waals surface area (Å²) in [5.74, 6) is 0.466. The molecule has 0 aliphatic carbocycles. The van der Waals surface area contributed by atoms with Gasteiger partial charge >= 0.3 is 0 Å². The zero-order valence-corrected chi connectivity index (χ0v) is 23.7. The van der Waals surface area contributed by atoms with Crippen molar-refractivity contribution in [1.82, 2.24) is 5.32 Å². The third-order valence-electron chi connectivity index (χ3n) is 6.25. The van der Waals surface area contributed by atoms with Crippen LogP contribution in [0.3, 0.4) is 0 Å². The average Bonchev–Trinajstić information content (AvgIpc) is 2.85. The predicted octanol–water partition coefficient (Wildman–Crippen LogP) is 6.23. The van der Waals surface area contributed by atoms with Crippen LogP contribution >= 0.6 is 7.60 Å². The Kier molecular flexibility index (Phi) is 18.9. The first-order chi connectivity index (χ1) is 17.8. The van der Waals surface area contributed by atoms with Crippen LogP contribution in [0, 0.1) is 0 Å². The Morgan fingerprint density at radius 1 is 0.946 bits per heavy atom. The van der Waals surface area contributed by atoms with Gasteiger partial charge in [-0.2, -0.15) is 0 Å². The van der Waals surface area contributed by atoms with E-state index in [1.807, 2.05) is 12.1 Å². The van der Waals surface area contributed by atoms with Crippen LogP contribution in [0.5, 0.6) is 5.75 Å². The average molecular weight is 534 g/mol. The van der Waals surface area contributed by atoms with Gasteiger partial charge in [0.15, 0.2) is 0 Å². The highest BCUT2D eigenvalue weighted by molar-refractivity contribution is 7.48. The Labute approximate surface area is 225 Å². The van der Waals surface area contributed by atoms with Crippen molar-refractivity contribution in [2.75, 3.05) is 12.8 Å². The van der Waals surface area contributed by atoms with E-state index < -0.39 is 19.8 Å². The second-order valence-corrected chi connectivity index (χ2v) is 11.4. The van der Waals surface area contributed by atoms with Gasteiger partial charge in [0.05, 0.1) is 0 Å². The zero-order valence-electron chi connectivity index (χ0n) is 22.8. The number of hydrogen-bond donors (Lipinski definition) is 1.